The minimum absolute atomic E-state index is 0. The number of hydrogen-bond acceptors (Lipinski definition) is 2. The van der Waals surface area contributed by atoms with Crippen LogP contribution in [0.5, 0.6) is 0 Å². The van der Waals surface area contributed by atoms with E-state index in [1.807, 2.05) is 0 Å². The van der Waals surface area contributed by atoms with Crippen LogP contribution in [0.3, 0.4) is 0 Å². The Morgan fingerprint density at radius 2 is 2.43 bits per heavy atom. The molecule has 0 aromatic rings. The predicted molar refractivity (Wildman–Crippen MR) is 36.6 cm³/mol. The second-order valence-electron chi connectivity index (χ2n) is 1.29. The number of nitrogens with zero attached hydrogens (tertiary/aromatic N) is 1. The lowest BCUT2D eigenvalue weighted by molar-refractivity contribution is 0.650. The van der Waals surface area contributed by atoms with Gasteiger partial charge in [-0.25, -0.2) is 4.31 Å². The van der Waals surface area contributed by atoms with Crippen LogP contribution < -0.4 is 0 Å². The molecule has 0 aromatic carbocycles. The van der Waals surface area contributed by atoms with Crippen LogP contribution in [0.1, 0.15) is 0 Å². The molecule has 0 fully saturated rings. The van der Waals surface area contributed by atoms with Crippen molar-refractivity contribution in [2.45, 2.75) is 0 Å². The summed E-state index contributed by atoms with van der Waals surface area (Å²) in [6.45, 7) is 1.10. The highest BCUT2D eigenvalue weighted by atomic mass is 35.5. The lowest BCUT2D eigenvalue weighted by Gasteiger charge is -1.99. The van der Waals surface area contributed by atoms with Crippen LogP contribution in [0, 0.1) is 0 Å². The summed E-state index contributed by atoms with van der Waals surface area (Å²) in [5.74, 6) is 0. The molecule has 1 heterocycles. The maximum atomic E-state index is 2.17. The molecular weight excluding hydrogens is 130 g/mol. The molecule has 1 nitrogen and oxygen atoms in total. The molecular formula is C4H8ClNS. The van der Waals surface area contributed by atoms with Gasteiger partial charge in [-0.3, -0.25) is 0 Å². The van der Waals surface area contributed by atoms with Gasteiger partial charge in [0.05, 0.1) is 0 Å². The Hall–Kier alpha value is 0.340. The summed E-state index contributed by atoms with van der Waals surface area (Å²) in [5.41, 5.74) is 0. The summed E-state index contributed by atoms with van der Waals surface area (Å²) in [4.78, 5) is 0. The molecule has 7 heavy (non-hydrogen) atoms. The SMILES string of the molecule is CN1CC=CS1.Cl. The summed E-state index contributed by atoms with van der Waals surface area (Å²) in [5, 5.41) is 2.10. The smallest absolute Gasteiger partial charge is 0.0278 e. The van der Waals surface area contributed by atoms with Crippen molar-refractivity contribution < 1.29 is 0 Å². The van der Waals surface area contributed by atoms with Gasteiger partial charge >= 0.3 is 0 Å². The molecule has 3 heteroatoms. The van der Waals surface area contributed by atoms with Crippen molar-refractivity contribution in [2.75, 3.05) is 13.6 Å². The lowest BCUT2D eigenvalue weighted by Crippen LogP contribution is -2.01. The molecule has 0 N–H and O–H groups in total. The van der Waals surface area contributed by atoms with Gasteiger partial charge in [-0.2, -0.15) is 0 Å². The van der Waals surface area contributed by atoms with Crippen molar-refractivity contribution in [1.82, 2.24) is 4.31 Å². The Bertz CT molecular complexity index is 66.1. The normalized spacial score (nSPS) is 19.6. The average molecular weight is 138 g/mol. The summed E-state index contributed by atoms with van der Waals surface area (Å²) in [6, 6.07) is 0. The van der Waals surface area contributed by atoms with E-state index in [1.54, 1.807) is 11.9 Å². The van der Waals surface area contributed by atoms with Crippen molar-refractivity contribution in [2.24, 2.45) is 0 Å². The van der Waals surface area contributed by atoms with E-state index in [-0.39, 0.29) is 12.4 Å². The van der Waals surface area contributed by atoms with Crippen LogP contribution in [-0.2, 0) is 0 Å². The molecule has 0 bridgehead atoms. The molecule has 0 spiro atoms. The standard InChI is InChI=1S/C4H7NS.ClH/c1-5-3-2-4-6-5;/h2,4H,3H2,1H3;1H. The van der Waals surface area contributed by atoms with E-state index < -0.39 is 0 Å². The van der Waals surface area contributed by atoms with E-state index >= 15 is 0 Å². The van der Waals surface area contributed by atoms with Crippen LogP contribution in [0.25, 0.3) is 0 Å². The molecule has 42 valence electrons. The maximum Gasteiger partial charge on any atom is 0.0278 e. The average Bonchev–Trinajstić information content (AvgIpc) is 1.86. The minimum Gasteiger partial charge on any atom is -0.246 e. The van der Waals surface area contributed by atoms with Gasteiger partial charge in [0.1, 0.15) is 0 Å². The molecule has 1 aliphatic heterocycles. The monoisotopic (exact) mass is 137 g/mol. The molecule has 0 aliphatic carbocycles. The zero-order valence-corrected chi connectivity index (χ0v) is 5.76. The van der Waals surface area contributed by atoms with E-state index in [0.717, 1.165) is 6.54 Å². The Morgan fingerprint density at radius 3 is 2.57 bits per heavy atom. The van der Waals surface area contributed by atoms with Crippen molar-refractivity contribution in [1.29, 1.82) is 0 Å². The number of rotatable bonds is 0. The summed E-state index contributed by atoms with van der Waals surface area (Å²) < 4.78 is 2.17. The largest absolute Gasteiger partial charge is 0.246 e. The zero-order valence-electron chi connectivity index (χ0n) is 4.13. The first-order chi connectivity index (χ1) is 2.89. The van der Waals surface area contributed by atoms with Gasteiger partial charge in [0, 0.05) is 6.54 Å². The first kappa shape index (κ1) is 7.34. The van der Waals surface area contributed by atoms with Crippen molar-refractivity contribution >= 4 is 24.4 Å². The van der Waals surface area contributed by atoms with Gasteiger partial charge in [0.25, 0.3) is 0 Å². The predicted octanol–water partition coefficient (Wildman–Crippen LogP) is 1.52. The Kier molecular flexibility index (Phi) is 3.52. The third kappa shape index (κ3) is 2.22. The van der Waals surface area contributed by atoms with Gasteiger partial charge in [0.15, 0.2) is 0 Å². The number of halogens is 1. The zero-order chi connectivity index (χ0) is 4.41. The number of hydrogen-bond donors (Lipinski definition) is 0. The Labute approximate surface area is 54.3 Å². The Morgan fingerprint density at radius 1 is 1.71 bits per heavy atom. The highest BCUT2D eigenvalue weighted by molar-refractivity contribution is 8.00. The minimum atomic E-state index is 0. The van der Waals surface area contributed by atoms with Crippen molar-refractivity contribution in [3.05, 3.63) is 11.5 Å². The maximum absolute atomic E-state index is 2.17. The molecule has 0 unspecified atom stereocenters. The molecule has 1 aliphatic rings. The van der Waals surface area contributed by atoms with Crippen molar-refractivity contribution in [3.8, 4) is 0 Å². The quantitative estimate of drug-likeness (QED) is 0.466. The molecule has 0 saturated heterocycles. The van der Waals surface area contributed by atoms with Crippen LogP contribution in [-0.4, -0.2) is 17.9 Å². The fraction of sp³-hybridized carbons (Fsp3) is 0.500. The molecule has 0 aromatic heterocycles. The molecule has 0 amide bonds. The van der Waals surface area contributed by atoms with E-state index in [4.69, 9.17) is 0 Å². The second-order valence-corrected chi connectivity index (χ2v) is 2.39. The van der Waals surface area contributed by atoms with Crippen LogP contribution in [0.2, 0.25) is 0 Å². The van der Waals surface area contributed by atoms with E-state index in [2.05, 4.69) is 22.8 Å². The van der Waals surface area contributed by atoms with Gasteiger partial charge in [0.2, 0.25) is 0 Å². The van der Waals surface area contributed by atoms with Crippen molar-refractivity contribution in [3.63, 3.8) is 0 Å². The van der Waals surface area contributed by atoms with Gasteiger partial charge in [-0.05, 0) is 12.5 Å². The van der Waals surface area contributed by atoms with E-state index in [9.17, 15) is 0 Å². The summed E-state index contributed by atoms with van der Waals surface area (Å²) in [6.07, 6.45) is 2.14. The van der Waals surface area contributed by atoms with Gasteiger partial charge in [-0.15, -0.1) is 12.4 Å². The molecule has 0 radical (unpaired) electrons. The van der Waals surface area contributed by atoms with Gasteiger partial charge < -0.3 is 0 Å². The summed E-state index contributed by atoms with van der Waals surface area (Å²) in [7, 11) is 2.07. The molecule has 0 atom stereocenters. The highest BCUT2D eigenvalue weighted by Crippen LogP contribution is 2.13. The fourth-order valence-electron chi connectivity index (χ4n) is 0.381. The van der Waals surface area contributed by atoms with Crippen LogP contribution in [0.15, 0.2) is 11.5 Å². The first-order valence-electron chi connectivity index (χ1n) is 1.92. The Balaban J connectivity index is 0.000000360. The third-order valence-corrected chi connectivity index (χ3v) is 1.52. The molecule has 1 rings (SSSR count). The second kappa shape index (κ2) is 3.36. The topological polar surface area (TPSA) is 3.24 Å². The number of likely N-dealkylation sites (N-methyl/N-ethyl adjacent to an activating group) is 1. The van der Waals surface area contributed by atoms with Crippen LogP contribution >= 0.6 is 24.4 Å². The lowest BCUT2D eigenvalue weighted by atomic mass is 10.6. The first-order valence-corrected chi connectivity index (χ1v) is 2.76. The summed E-state index contributed by atoms with van der Waals surface area (Å²) >= 11 is 1.75. The fourth-order valence-corrected chi connectivity index (χ4v) is 0.933. The van der Waals surface area contributed by atoms with E-state index in [0.29, 0.717) is 0 Å². The van der Waals surface area contributed by atoms with E-state index in [1.165, 1.54) is 0 Å². The third-order valence-electron chi connectivity index (χ3n) is 0.700. The van der Waals surface area contributed by atoms with Gasteiger partial charge in [-0.1, -0.05) is 18.0 Å². The van der Waals surface area contributed by atoms with Crippen LogP contribution in [0.4, 0.5) is 0 Å². The highest BCUT2D eigenvalue weighted by Gasteiger charge is 1.96. The molecule has 0 saturated carbocycles.